The van der Waals surface area contributed by atoms with Crippen LogP contribution in [-0.4, -0.2) is 66.4 Å². The van der Waals surface area contributed by atoms with Gasteiger partial charge in [-0.25, -0.2) is 10.1 Å². The number of methoxy groups -OCH3 is 2. The number of hydrogen-bond donors (Lipinski definition) is 2. The van der Waals surface area contributed by atoms with Gasteiger partial charge in [0.05, 0.1) is 26.1 Å². The standard InChI is InChI=1S/C18H19N11O4S/c1-28-9-21-24-18(28)34-8-11-14(22-27-29(11)16-15(19)25-33-26-16)17(30)23-20-7-10-4-5-12(31-2)13(6-10)32-3/h4-7,9H,8H2,1-3H3,(H2,19,25)(H,23,30). The van der Waals surface area contributed by atoms with Crippen molar-refractivity contribution in [3.8, 4) is 17.3 Å². The van der Waals surface area contributed by atoms with Gasteiger partial charge in [-0.2, -0.15) is 9.78 Å². The van der Waals surface area contributed by atoms with E-state index in [1.54, 1.807) is 43.3 Å². The largest absolute Gasteiger partial charge is 0.493 e. The summed E-state index contributed by atoms with van der Waals surface area (Å²) in [6, 6.07) is 5.20. The van der Waals surface area contributed by atoms with Gasteiger partial charge in [-0.05, 0) is 34.1 Å². The Balaban J connectivity index is 1.56. The number of anilines is 1. The maximum absolute atomic E-state index is 12.9. The van der Waals surface area contributed by atoms with Crippen molar-refractivity contribution in [2.75, 3.05) is 20.0 Å². The third-order valence-electron chi connectivity index (χ3n) is 4.47. The van der Waals surface area contributed by atoms with Gasteiger partial charge < -0.3 is 19.8 Å². The Morgan fingerprint density at radius 2 is 2.09 bits per heavy atom. The maximum atomic E-state index is 12.9. The van der Waals surface area contributed by atoms with E-state index >= 15 is 0 Å². The number of hydrazone groups is 1. The van der Waals surface area contributed by atoms with Gasteiger partial charge in [0, 0.05) is 12.8 Å². The van der Waals surface area contributed by atoms with Crippen LogP contribution < -0.4 is 20.6 Å². The third-order valence-corrected chi connectivity index (χ3v) is 5.52. The van der Waals surface area contributed by atoms with E-state index < -0.39 is 5.91 Å². The van der Waals surface area contributed by atoms with Crippen molar-refractivity contribution in [2.24, 2.45) is 12.1 Å². The van der Waals surface area contributed by atoms with Gasteiger partial charge in [0.15, 0.2) is 22.3 Å². The Morgan fingerprint density at radius 1 is 1.26 bits per heavy atom. The van der Waals surface area contributed by atoms with Crippen molar-refractivity contribution in [3.05, 3.63) is 41.5 Å². The van der Waals surface area contributed by atoms with E-state index in [1.165, 1.54) is 29.8 Å². The van der Waals surface area contributed by atoms with Crippen LogP contribution in [0.25, 0.3) is 5.82 Å². The molecule has 1 aromatic carbocycles. The van der Waals surface area contributed by atoms with Crippen LogP contribution in [0.5, 0.6) is 11.5 Å². The molecule has 0 bridgehead atoms. The van der Waals surface area contributed by atoms with Crippen LogP contribution in [-0.2, 0) is 12.8 Å². The first kappa shape index (κ1) is 22.7. The average molecular weight is 485 g/mol. The van der Waals surface area contributed by atoms with Crippen molar-refractivity contribution in [2.45, 2.75) is 10.9 Å². The summed E-state index contributed by atoms with van der Waals surface area (Å²) in [5, 5.41) is 27.7. The summed E-state index contributed by atoms with van der Waals surface area (Å²) in [4.78, 5) is 12.9. The first-order valence-electron chi connectivity index (χ1n) is 9.57. The van der Waals surface area contributed by atoms with Crippen LogP contribution in [0.15, 0.2) is 39.4 Å². The van der Waals surface area contributed by atoms with Crippen molar-refractivity contribution < 1.29 is 18.9 Å². The zero-order valence-electron chi connectivity index (χ0n) is 18.2. The fraction of sp³-hybridized carbons (Fsp3) is 0.222. The molecule has 0 atom stereocenters. The van der Waals surface area contributed by atoms with E-state index in [0.717, 1.165) is 0 Å². The maximum Gasteiger partial charge on any atom is 0.293 e. The van der Waals surface area contributed by atoms with Gasteiger partial charge in [0.2, 0.25) is 11.6 Å². The summed E-state index contributed by atoms with van der Waals surface area (Å²) in [6.07, 6.45) is 3.02. The molecule has 0 radical (unpaired) electrons. The summed E-state index contributed by atoms with van der Waals surface area (Å²) in [7, 11) is 4.87. The number of carbonyl (C=O) groups is 1. The number of amides is 1. The van der Waals surface area contributed by atoms with Crippen molar-refractivity contribution in [1.29, 1.82) is 0 Å². The topological polar surface area (TPSA) is 186 Å². The first-order chi connectivity index (χ1) is 16.5. The molecule has 0 aliphatic heterocycles. The van der Waals surface area contributed by atoms with Crippen LogP contribution in [0.3, 0.4) is 0 Å². The molecule has 4 rings (SSSR count). The minimum absolute atomic E-state index is 0.00626. The highest BCUT2D eigenvalue weighted by molar-refractivity contribution is 7.98. The minimum Gasteiger partial charge on any atom is -0.493 e. The highest BCUT2D eigenvalue weighted by Crippen LogP contribution is 2.27. The fourth-order valence-electron chi connectivity index (χ4n) is 2.80. The molecule has 3 aromatic heterocycles. The number of nitrogens with zero attached hydrogens (tertiary/aromatic N) is 9. The molecule has 0 saturated carbocycles. The number of carbonyl (C=O) groups excluding carboxylic acids is 1. The first-order valence-corrected chi connectivity index (χ1v) is 10.6. The molecule has 176 valence electrons. The van der Waals surface area contributed by atoms with Gasteiger partial charge in [-0.15, -0.1) is 15.3 Å². The van der Waals surface area contributed by atoms with Crippen molar-refractivity contribution >= 4 is 29.7 Å². The predicted molar refractivity (Wildman–Crippen MR) is 119 cm³/mol. The van der Waals surface area contributed by atoms with Crippen LogP contribution in [0.4, 0.5) is 5.82 Å². The number of thioether (sulfide) groups is 1. The molecule has 0 saturated heterocycles. The van der Waals surface area contributed by atoms with E-state index in [-0.39, 0.29) is 23.1 Å². The van der Waals surface area contributed by atoms with E-state index in [0.29, 0.717) is 27.9 Å². The lowest BCUT2D eigenvalue weighted by Crippen LogP contribution is -2.20. The number of hydrogen-bond acceptors (Lipinski definition) is 13. The molecule has 0 spiro atoms. The summed E-state index contributed by atoms with van der Waals surface area (Å²) < 4.78 is 18.1. The average Bonchev–Trinajstić information content (AvgIpc) is 3.56. The van der Waals surface area contributed by atoms with Crippen LogP contribution in [0, 0.1) is 0 Å². The highest BCUT2D eigenvalue weighted by atomic mass is 32.2. The molecular formula is C18H19N11O4S. The van der Waals surface area contributed by atoms with Crippen LogP contribution in [0.2, 0.25) is 0 Å². The number of aryl methyl sites for hydroxylation is 1. The molecule has 15 nitrogen and oxygen atoms in total. The predicted octanol–water partition coefficient (Wildman–Crippen LogP) is 0.434. The van der Waals surface area contributed by atoms with E-state index in [1.807, 2.05) is 0 Å². The third kappa shape index (κ3) is 4.65. The Morgan fingerprint density at radius 3 is 2.76 bits per heavy atom. The van der Waals surface area contributed by atoms with Gasteiger partial charge in [-0.3, -0.25) is 4.79 Å². The lowest BCUT2D eigenvalue weighted by atomic mass is 10.2. The monoisotopic (exact) mass is 485 g/mol. The molecule has 34 heavy (non-hydrogen) atoms. The second-order valence-electron chi connectivity index (χ2n) is 6.60. The molecule has 3 heterocycles. The Hall–Kier alpha value is -4.47. The van der Waals surface area contributed by atoms with E-state index in [2.05, 4.69) is 46.0 Å². The fourth-order valence-corrected chi connectivity index (χ4v) is 3.68. The minimum atomic E-state index is -0.591. The summed E-state index contributed by atoms with van der Waals surface area (Å²) in [5.74, 6) is 0.858. The second-order valence-corrected chi connectivity index (χ2v) is 7.54. The number of nitrogens with two attached hydrogens (primary N) is 1. The summed E-state index contributed by atoms with van der Waals surface area (Å²) >= 11 is 1.31. The Kier molecular flexibility index (Phi) is 6.67. The normalized spacial score (nSPS) is 11.1. The van der Waals surface area contributed by atoms with E-state index in [9.17, 15) is 4.79 Å². The SMILES string of the molecule is COc1ccc(C=NNC(=O)c2nnn(-c3nonc3N)c2CSc2nncn2C)cc1OC. The number of nitrogen functional groups attached to an aromatic ring is 1. The summed E-state index contributed by atoms with van der Waals surface area (Å²) in [6.45, 7) is 0. The molecule has 16 heteroatoms. The zero-order chi connectivity index (χ0) is 24.1. The van der Waals surface area contributed by atoms with E-state index in [4.69, 9.17) is 15.2 Å². The quantitative estimate of drug-likeness (QED) is 0.189. The molecule has 1 amide bonds. The van der Waals surface area contributed by atoms with Crippen LogP contribution in [0.1, 0.15) is 21.7 Å². The molecule has 0 unspecified atom stereocenters. The zero-order valence-corrected chi connectivity index (χ0v) is 19.1. The number of nitrogens with one attached hydrogen (secondary N) is 1. The van der Waals surface area contributed by atoms with Crippen molar-refractivity contribution in [3.63, 3.8) is 0 Å². The Labute approximate surface area is 196 Å². The van der Waals surface area contributed by atoms with Crippen LogP contribution >= 0.6 is 11.8 Å². The molecule has 0 aliphatic carbocycles. The highest BCUT2D eigenvalue weighted by Gasteiger charge is 2.24. The number of rotatable bonds is 9. The molecule has 0 fully saturated rings. The van der Waals surface area contributed by atoms with Gasteiger partial charge in [0.25, 0.3) is 5.91 Å². The van der Waals surface area contributed by atoms with Gasteiger partial charge in [-0.1, -0.05) is 17.0 Å². The molecule has 3 N–H and O–H groups in total. The number of ether oxygens (including phenoxy) is 2. The second kappa shape index (κ2) is 9.99. The smallest absolute Gasteiger partial charge is 0.293 e. The lowest BCUT2D eigenvalue weighted by Gasteiger charge is -2.07. The van der Waals surface area contributed by atoms with Crippen molar-refractivity contribution in [1.82, 2.24) is 45.5 Å². The number of benzene rings is 1. The van der Waals surface area contributed by atoms with Gasteiger partial charge in [0.1, 0.15) is 6.33 Å². The lowest BCUT2D eigenvalue weighted by molar-refractivity contribution is 0.0949. The van der Waals surface area contributed by atoms with Gasteiger partial charge >= 0.3 is 0 Å². The molecular weight excluding hydrogens is 466 g/mol. The Bertz CT molecular complexity index is 1330. The molecule has 4 aromatic rings. The molecule has 0 aliphatic rings. The summed E-state index contributed by atoms with van der Waals surface area (Å²) in [5.41, 5.74) is 9.32. The number of aromatic nitrogens is 8.